The van der Waals surface area contributed by atoms with Crippen LogP contribution in [0.2, 0.25) is 0 Å². The van der Waals surface area contributed by atoms with Crippen LogP contribution in [0, 0.1) is 0 Å². The molecule has 0 spiro atoms. The standard InChI is InChI=1S/C30H32N6O4/c1-3-6-25-24(27(37)35(28-31-18-32-36(25)28)21-13-15-30(2,39)16-14-21)17-19-9-11-20(12-10-19)22-7-4-5-8-23(22)26-33-29(38)40-34-26/h4-5,7-12,18,21,39H,3,6,13-17H2,1-2H3,(H,33,34,38)/t21-,30-. The number of nitrogens with one attached hydrogen (secondary N) is 1. The summed E-state index contributed by atoms with van der Waals surface area (Å²) in [5.41, 5.74) is 4.52. The molecule has 0 saturated heterocycles. The van der Waals surface area contributed by atoms with Gasteiger partial charge in [-0.2, -0.15) is 10.1 Å². The molecule has 10 nitrogen and oxygen atoms in total. The van der Waals surface area contributed by atoms with Gasteiger partial charge in [0.1, 0.15) is 6.33 Å². The highest BCUT2D eigenvalue weighted by Gasteiger charge is 2.32. The Balaban J connectivity index is 1.38. The van der Waals surface area contributed by atoms with E-state index in [1.165, 1.54) is 6.33 Å². The Hall–Kier alpha value is -4.31. The molecule has 10 heteroatoms. The number of benzene rings is 2. The van der Waals surface area contributed by atoms with Crippen molar-refractivity contribution < 1.29 is 9.63 Å². The van der Waals surface area contributed by atoms with Gasteiger partial charge in [0.2, 0.25) is 5.78 Å². The number of hydrogen-bond donors (Lipinski definition) is 2. The molecule has 206 valence electrons. The van der Waals surface area contributed by atoms with E-state index in [0.717, 1.165) is 39.9 Å². The maximum absolute atomic E-state index is 14.1. The number of rotatable bonds is 7. The van der Waals surface area contributed by atoms with Crippen LogP contribution in [0.25, 0.3) is 28.3 Å². The molecule has 2 N–H and O–H groups in total. The van der Waals surface area contributed by atoms with Gasteiger partial charge in [0, 0.05) is 23.6 Å². The minimum Gasteiger partial charge on any atom is -0.390 e. The van der Waals surface area contributed by atoms with Gasteiger partial charge >= 0.3 is 5.76 Å². The van der Waals surface area contributed by atoms with Crippen molar-refractivity contribution in [3.8, 4) is 22.5 Å². The average Bonchev–Trinajstić information content (AvgIpc) is 3.61. The van der Waals surface area contributed by atoms with Gasteiger partial charge in [-0.1, -0.05) is 67.0 Å². The molecule has 3 heterocycles. The lowest BCUT2D eigenvalue weighted by Gasteiger charge is -2.34. The van der Waals surface area contributed by atoms with Crippen molar-refractivity contribution in [2.45, 2.75) is 70.4 Å². The third-order valence-corrected chi connectivity index (χ3v) is 7.98. The van der Waals surface area contributed by atoms with Gasteiger partial charge in [-0.15, -0.1) is 0 Å². The van der Waals surface area contributed by atoms with E-state index in [1.54, 1.807) is 4.57 Å². The second-order valence-electron chi connectivity index (χ2n) is 10.9. The Morgan fingerprint density at radius 1 is 1.07 bits per heavy atom. The molecule has 5 aromatic rings. The molecule has 0 unspecified atom stereocenters. The maximum atomic E-state index is 14.1. The fraction of sp³-hybridized carbons (Fsp3) is 0.367. The number of nitrogens with zero attached hydrogens (tertiary/aromatic N) is 5. The summed E-state index contributed by atoms with van der Waals surface area (Å²) in [5.74, 6) is 0.345. The minimum atomic E-state index is -0.696. The molecule has 40 heavy (non-hydrogen) atoms. The number of aliphatic hydroxyl groups is 1. The van der Waals surface area contributed by atoms with Crippen LogP contribution in [0.3, 0.4) is 0 Å². The Bertz CT molecular complexity index is 1770. The number of fused-ring (bicyclic) bond motifs is 1. The number of aryl methyl sites for hydroxylation is 1. The Morgan fingerprint density at radius 2 is 1.80 bits per heavy atom. The van der Waals surface area contributed by atoms with Gasteiger partial charge in [0.25, 0.3) is 5.56 Å². The van der Waals surface area contributed by atoms with Gasteiger partial charge in [0.05, 0.1) is 11.3 Å². The highest BCUT2D eigenvalue weighted by Crippen LogP contribution is 2.35. The highest BCUT2D eigenvalue weighted by molar-refractivity contribution is 5.80. The normalized spacial score (nSPS) is 19.3. The summed E-state index contributed by atoms with van der Waals surface area (Å²) in [7, 11) is 0. The molecule has 1 aliphatic rings. The lowest BCUT2D eigenvalue weighted by Crippen LogP contribution is -2.37. The predicted octanol–water partition coefficient (Wildman–Crippen LogP) is 4.31. The lowest BCUT2D eigenvalue weighted by atomic mass is 9.83. The van der Waals surface area contributed by atoms with Crippen molar-refractivity contribution in [2.75, 3.05) is 0 Å². The number of aromatic amines is 1. The zero-order valence-electron chi connectivity index (χ0n) is 22.6. The van der Waals surface area contributed by atoms with Crippen LogP contribution in [-0.4, -0.2) is 40.0 Å². The van der Waals surface area contributed by atoms with Gasteiger partial charge in [-0.05, 0) is 55.7 Å². The van der Waals surface area contributed by atoms with Crippen LogP contribution in [0.15, 0.2) is 69.0 Å². The van der Waals surface area contributed by atoms with Crippen molar-refractivity contribution >= 4 is 5.78 Å². The molecule has 6 rings (SSSR count). The lowest BCUT2D eigenvalue weighted by molar-refractivity contribution is 0.00981. The van der Waals surface area contributed by atoms with Gasteiger partial charge in [-0.3, -0.25) is 18.9 Å². The second kappa shape index (κ2) is 10.3. The first-order valence-electron chi connectivity index (χ1n) is 13.8. The molecule has 0 radical (unpaired) electrons. The van der Waals surface area contributed by atoms with Crippen molar-refractivity contribution in [3.05, 3.63) is 92.6 Å². The van der Waals surface area contributed by atoms with Crippen LogP contribution in [-0.2, 0) is 12.8 Å². The molecule has 3 aromatic heterocycles. The molecule has 0 aliphatic heterocycles. The minimum absolute atomic E-state index is 0.0279. The third kappa shape index (κ3) is 4.79. The van der Waals surface area contributed by atoms with Crippen LogP contribution in [0.4, 0.5) is 0 Å². The molecule has 2 aromatic carbocycles. The molecule has 0 bridgehead atoms. The van der Waals surface area contributed by atoms with Crippen LogP contribution in [0.1, 0.15) is 68.8 Å². The van der Waals surface area contributed by atoms with E-state index in [1.807, 2.05) is 60.0 Å². The van der Waals surface area contributed by atoms with Crippen LogP contribution in [0.5, 0.6) is 0 Å². The molecule has 0 amide bonds. The molecule has 1 saturated carbocycles. The fourth-order valence-electron chi connectivity index (χ4n) is 5.85. The fourth-order valence-corrected chi connectivity index (χ4v) is 5.85. The largest absolute Gasteiger partial charge is 0.439 e. The summed E-state index contributed by atoms with van der Waals surface area (Å²) in [5, 5.41) is 18.9. The van der Waals surface area contributed by atoms with E-state index in [2.05, 4.69) is 27.1 Å². The maximum Gasteiger partial charge on any atom is 0.439 e. The van der Waals surface area contributed by atoms with Crippen molar-refractivity contribution in [2.24, 2.45) is 0 Å². The summed E-state index contributed by atoms with van der Waals surface area (Å²) in [6.07, 6.45) is 6.28. The number of H-pyrrole nitrogens is 1. The van der Waals surface area contributed by atoms with E-state index in [9.17, 15) is 14.7 Å². The monoisotopic (exact) mass is 540 g/mol. The van der Waals surface area contributed by atoms with Gasteiger partial charge in [-0.25, -0.2) is 9.31 Å². The summed E-state index contributed by atoms with van der Waals surface area (Å²) in [4.78, 5) is 32.7. The predicted molar refractivity (Wildman–Crippen MR) is 150 cm³/mol. The van der Waals surface area contributed by atoms with E-state index in [0.29, 0.717) is 50.1 Å². The van der Waals surface area contributed by atoms with Crippen molar-refractivity contribution in [1.82, 2.24) is 29.3 Å². The first-order valence-corrected chi connectivity index (χ1v) is 13.8. The Labute approximate surface area is 230 Å². The van der Waals surface area contributed by atoms with Crippen LogP contribution >= 0.6 is 0 Å². The van der Waals surface area contributed by atoms with Gasteiger partial charge in [0.15, 0.2) is 5.82 Å². The number of hydrogen-bond acceptors (Lipinski definition) is 7. The molecule has 1 aliphatic carbocycles. The molecular formula is C30H32N6O4. The van der Waals surface area contributed by atoms with Gasteiger partial charge < -0.3 is 5.11 Å². The zero-order chi connectivity index (χ0) is 27.9. The topological polar surface area (TPSA) is 131 Å². The van der Waals surface area contributed by atoms with E-state index < -0.39 is 11.4 Å². The van der Waals surface area contributed by atoms with E-state index in [4.69, 9.17) is 4.52 Å². The zero-order valence-corrected chi connectivity index (χ0v) is 22.6. The first kappa shape index (κ1) is 25.9. The quantitative estimate of drug-likeness (QED) is 0.314. The highest BCUT2D eigenvalue weighted by atomic mass is 16.5. The summed E-state index contributed by atoms with van der Waals surface area (Å²) in [6.45, 7) is 3.96. The SMILES string of the molecule is CCCc1c(Cc2ccc(-c3ccccc3-c3noc(=O)[nH]3)cc2)c(=O)n([C@H]2CC[C@](C)(O)CC2)c2ncnn12. The summed E-state index contributed by atoms with van der Waals surface area (Å²) in [6, 6.07) is 15.7. The van der Waals surface area contributed by atoms with Crippen LogP contribution < -0.4 is 11.3 Å². The average molecular weight is 541 g/mol. The Kier molecular flexibility index (Phi) is 6.71. The summed E-state index contributed by atoms with van der Waals surface area (Å²) >= 11 is 0. The molecular weight excluding hydrogens is 508 g/mol. The first-order chi connectivity index (χ1) is 19.3. The third-order valence-electron chi connectivity index (χ3n) is 7.98. The second-order valence-corrected chi connectivity index (χ2v) is 10.9. The smallest absolute Gasteiger partial charge is 0.390 e. The Morgan fingerprint density at radius 3 is 2.48 bits per heavy atom. The summed E-state index contributed by atoms with van der Waals surface area (Å²) < 4.78 is 8.34. The molecule has 1 fully saturated rings. The number of aromatic nitrogens is 6. The molecule has 0 atom stereocenters. The van der Waals surface area contributed by atoms with E-state index in [-0.39, 0.29) is 11.6 Å². The van der Waals surface area contributed by atoms with E-state index >= 15 is 0 Å². The van der Waals surface area contributed by atoms with Crippen molar-refractivity contribution in [3.63, 3.8) is 0 Å². The van der Waals surface area contributed by atoms with Crippen molar-refractivity contribution in [1.29, 1.82) is 0 Å².